The molecule has 0 aliphatic rings. The van der Waals surface area contributed by atoms with E-state index < -0.39 is 15.9 Å². The molecule has 0 spiro atoms. The van der Waals surface area contributed by atoms with Crippen molar-refractivity contribution < 1.29 is 17.9 Å². The molecular weight excluding hydrogens is 400 g/mol. The summed E-state index contributed by atoms with van der Waals surface area (Å²) in [4.78, 5) is 12.4. The molecule has 1 atom stereocenters. The van der Waals surface area contributed by atoms with Crippen molar-refractivity contribution in [2.75, 3.05) is 23.7 Å². The highest BCUT2D eigenvalue weighted by atomic mass is 35.5. The minimum atomic E-state index is -3.66. The van der Waals surface area contributed by atoms with E-state index in [1.165, 1.54) is 0 Å². The number of hydrogen-bond donors (Lipinski definition) is 1. The highest BCUT2D eigenvalue weighted by Crippen LogP contribution is 2.28. The van der Waals surface area contributed by atoms with Gasteiger partial charge in [-0.2, -0.15) is 0 Å². The van der Waals surface area contributed by atoms with Crippen molar-refractivity contribution in [3.05, 3.63) is 58.6 Å². The topological polar surface area (TPSA) is 75.7 Å². The van der Waals surface area contributed by atoms with Crippen molar-refractivity contribution in [2.45, 2.75) is 26.8 Å². The van der Waals surface area contributed by atoms with Gasteiger partial charge in [0.25, 0.3) is 0 Å². The first-order valence-corrected chi connectivity index (χ1v) is 11.0. The number of ether oxygens (including phenoxy) is 1. The van der Waals surface area contributed by atoms with E-state index in [1.54, 1.807) is 32.0 Å². The van der Waals surface area contributed by atoms with Crippen LogP contribution in [0.25, 0.3) is 0 Å². The van der Waals surface area contributed by atoms with Crippen LogP contribution in [0.1, 0.15) is 18.1 Å². The normalized spacial score (nSPS) is 12.3. The second kappa shape index (κ2) is 9.30. The molecule has 152 valence electrons. The Bertz CT molecular complexity index is 930. The third-order valence-electron chi connectivity index (χ3n) is 4.12. The standard InChI is InChI=1S/C20H25ClN2O4S/c1-14-8-10-17(11-9-14)27-13-15(2)22-20(24)12-23(28(4,25)26)19-7-5-6-18(21)16(19)3/h5-11,15H,12-13H2,1-4H3,(H,22,24)/t15-/m1/s1. The Hall–Kier alpha value is -2.25. The Morgan fingerprint density at radius 2 is 1.82 bits per heavy atom. The highest BCUT2D eigenvalue weighted by molar-refractivity contribution is 7.92. The van der Waals surface area contributed by atoms with Crippen LogP contribution in [0.5, 0.6) is 5.75 Å². The van der Waals surface area contributed by atoms with Gasteiger partial charge < -0.3 is 10.1 Å². The number of aryl methyl sites for hydroxylation is 1. The number of anilines is 1. The van der Waals surface area contributed by atoms with Gasteiger partial charge in [0.15, 0.2) is 0 Å². The van der Waals surface area contributed by atoms with Crippen molar-refractivity contribution >= 4 is 33.2 Å². The van der Waals surface area contributed by atoms with Gasteiger partial charge in [-0.3, -0.25) is 9.10 Å². The number of sulfonamides is 1. The quantitative estimate of drug-likeness (QED) is 0.705. The Kier molecular flexibility index (Phi) is 7.32. The molecule has 1 amide bonds. The number of hydrogen-bond acceptors (Lipinski definition) is 4. The lowest BCUT2D eigenvalue weighted by Crippen LogP contribution is -2.45. The molecule has 8 heteroatoms. The maximum atomic E-state index is 12.4. The van der Waals surface area contributed by atoms with Gasteiger partial charge in [0.2, 0.25) is 15.9 Å². The summed E-state index contributed by atoms with van der Waals surface area (Å²) in [6.07, 6.45) is 1.06. The van der Waals surface area contributed by atoms with Crippen LogP contribution in [0.4, 0.5) is 5.69 Å². The Morgan fingerprint density at radius 1 is 1.18 bits per heavy atom. The van der Waals surface area contributed by atoms with Crippen LogP contribution in [0.2, 0.25) is 5.02 Å². The van der Waals surface area contributed by atoms with Crippen molar-refractivity contribution in [2.24, 2.45) is 0 Å². The molecule has 1 N–H and O–H groups in total. The smallest absolute Gasteiger partial charge is 0.241 e. The van der Waals surface area contributed by atoms with E-state index in [4.69, 9.17) is 16.3 Å². The Labute approximate surface area is 171 Å². The van der Waals surface area contributed by atoms with Crippen molar-refractivity contribution in [1.29, 1.82) is 0 Å². The Morgan fingerprint density at radius 3 is 2.43 bits per heavy atom. The molecule has 0 heterocycles. The van der Waals surface area contributed by atoms with Crippen LogP contribution in [0, 0.1) is 13.8 Å². The Balaban J connectivity index is 2.01. The number of nitrogens with one attached hydrogen (secondary N) is 1. The molecule has 0 aromatic heterocycles. The van der Waals surface area contributed by atoms with Gasteiger partial charge in [-0.05, 0) is 50.6 Å². The fourth-order valence-corrected chi connectivity index (χ4v) is 3.67. The first-order chi connectivity index (χ1) is 13.1. The minimum absolute atomic E-state index is 0.268. The zero-order chi connectivity index (χ0) is 20.9. The van der Waals surface area contributed by atoms with E-state index in [9.17, 15) is 13.2 Å². The fraction of sp³-hybridized carbons (Fsp3) is 0.350. The third kappa shape index (κ3) is 6.14. The van der Waals surface area contributed by atoms with Crippen molar-refractivity contribution in [1.82, 2.24) is 5.32 Å². The summed E-state index contributed by atoms with van der Waals surface area (Å²) >= 11 is 6.10. The van der Waals surface area contributed by atoms with E-state index in [-0.39, 0.29) is 19.2 Å². The number of halogens is 1. The van der Waals surface area contributed by atoms with E-state index in [2.05, 4.69) is 5.32 Å². The van der Waals surface area contributed by atoms with Gasteiger partial charge in [-0.15, -0.1) is 0 Å². The van der Waals surface area contributed by atoms with E-state index in [0.717, 1.165) is 16.1 Å². The van der Waals surface area contributed by atoms with Gasteiger partial charge in [0, 0.05) is 5.02 Å². The lowest BCUT2D eigenvalue weighted by molar-refractivity contribution is -0.120. The number of benzene rings is 2. The summed E-state index contributed by atoms with van der Waals surface area (Å²) in [7, 11) is -3.66. The van der Waals surface area contributed by atoms with Crippen LogP contribution in [0.15, 0.2) is 42.5 Å². The highest BCUT2D eigenvalue weighted by Gasteiger charge is 2.23. The van der Waals surface area contributed by atoms with Gasteiger partial charge in [-0.1, -0.05) is 35.4 Å². The van der Waals surface area contributed by atoms with Crippen LogP contribution >= 0.6 is 11.6 Å². The lowest BCUT2D eigenvalue weighted by Gasteiger charge is -2.25. The van der Waals surface area contributed by atoms with Gasteiger partial charge in [-0.25, -0.2) is 8.42 Å². The number of carbonyl (C=O) groups excluding carboxylic acids is 1. The number of nitrogens with zero attached hydrogens (tertiary/aromatic N) is 1. The van der Waals surface area contributed by atoms with Crippen LogP contribution < -0.4 is 14.4 Å². The van der Waals surface area contributed by atoms with Crippen LogP contribution in [0.3, 0.4) is 0 Å². The molecule has 0 unspecified atom stereocenters. The number of amides is 1. The van der Waals surface area contributed by atoms with Gasteiger partial charge >= 0.3 is 0 Å². The average Bonchev–Trinajstić information content (AvgIpc) is 2.61. The second-order valence-corrected chi connectivity index (χ2v) is 9.06. The minimum Gasteiger partial charge on any atom is -0.491 e. The predicted molar refractivity (Wildman–Crippen MR) is 113 cm³/mol. The second-order valence-electron chi connectivity index (χ2n) is 6.75. The first kappa shape index (κ1) is 22.0. The zero-order valence-electron chi connectivity index (χ0n) is 16.4. The van der Waals surface area contributed by atoms with Crippen LogP contribution in [-0.4, -0.2) is 39.8 Å². The zero-order valence-corrected chi connectivity index (χ0v) is 18.0. The number of carbonyl (C=O) groups is 1. The molecule has 2 aromatic rings. The summed E-state index contributed by atoms with van der Waals surface area (Å²) in [5.74, 6) is 0.281. The van der Waals surface area contributed by atoms with E-state index in [0.29, 0.717) is 22.0 Å². The van der Waals surface area contributed by atoms with Crippen molar-refractivity contribution in [3.8, 4) is 5.75 Å². The molecule has 0 saturated heterocycles. The molecule has 2 rings (SSSR count). The number of rotatable bonds is 8. The average molecular weight is 425 g/mol. The first-order valence-electron chi connectivity index (χ1n) is 8.79. The molecule has 2 aromatic carbocycles. The summed E-state index contributed by atoms with van der Waals surface area (Å²) in [6, 6.07) is 12.2. The lowest BCUT2D eigenvalue weighted by atomic mass is 10.2. The van der Waals surface area contributed by atoms with Crippen molar-refractivity contribution in [3.63, 3.8) is 0 Å². The summed E-state index contributed by atoms with van der Waals surface area (Å²) in [6.45, 7) is 5.42. The maximum Gasteiger partial charge on any atom is 0.241 e. The molecular formula is C20H25ClN2O4S. The summed E-state index contributed by atoms with van der Waals surface area (Å²) < 4.78 is 31.2. The molecule has 0 aliphatic carbocycles. The van der Waals surface area contributed by atoms with Gasteiger partial charge in [0.05, 0.1) is 18.0 Å². The predicted octanol–water partition coefficient (Wildman–Crippen LogP) is 3.31. The summed E-state index contributed by atoms with van der Waals surface area (Å²) in [5, 5.41) is 3.20. The maximum absolute atomic E-state index is 12.4. The van der Waals surface area contributed by atoms with Gasteiger partial charge in [0.1, 0.15) is 18.9 Å². The molecule has 6 nitrogen and oxygen atoms in total. The molecule has 0 radical (unpaired) electrons. The molecule has 0 bridgehead atoms. The van der Waals surface area contributed by atoms with Crippen LogP contribution in [-0.2, 0) is 14.8 Å². The SMILES string of the molecule is Cc1ccc(OC[C@@H](C)NC(=O)CN(c2cccc(Cl)c2C)S(C)(=O)=O)cc1. The monoisotopic (exact) mass is 424 g/mol. The third-order valence-corrected chi connectivity index (χ3v) is 5.66. The summed E-state index contributed by atoms with van der Waals surface area (Å²) in [5.41, 5.74) is 2.11. The largest absolute Gasteiger partial charge is 0.491 e. The molecule has 0 aliphatic heterocycles. The molecule has 0 saturated carbocycles. The van der Waals surface area contributed by atoms with E-state index >= 15 is 0 Å². The molecule has 28 heavy (non-hydrogen) atoms. The molecule has 0 fully saturated rings. The fourth-order valence-electron chi connectivity index (χ4n) is 2.60. The van der Waals surface area contributed by atoms with E-state index in [1.807, 2.05) is 31.2 Å².